The molecule has 1 unspecified atom stereocenters. The van der Waals surface area contributed by atoms with Crippen molar-refractivity contribution in [2.45, 2.75) is 31.1 Å². The van der Waals surface area contributed by atoms with Gasteiger partial charge in [-0.2, -0.15) is 4.31 Å². The lowest BCUT2D eigenvalue weighted by atomic mass is 10.1. The molecule has 1 saturated heterocycles. The molecular formula is C22H24N4O4S. The Bertz CT molecular complexity index is 1270. The number of benzene rings is 1. The first-order chi connectivity index (χ1) is 14.8. The predicted octanol–water partition coefficient (Wildman–Crippen LogP) is 2.64. The number of aromatic amines is 1. The fourth-order valence-corrected chi connectivity index (χ4v) is 5.50. The standard InChI is InChI=1S/C22H24N4O4S/c1-14-10-19(30-3)20(11-15(14)2)31(28,29)26-9-6-17(13-26)22-24-18(12-21(27)25-22)16-4-7-23-8-5-16/h4-5,7-8,10-12,17H,6,9,13H2,1-3H3,(H,24,25,27). The van der Waals surface area contributed by atoms with Crippen LogP contribution in [0.2, 0.25) is 0 Å². The molecular weight excluding hydrogens is 416 g/mol. The zero-order chi connectivity index (χ0) is 22.2. The minimum absolute atomic E-state index is 0.158. The maximum absolute atomic E-state index is 13.4. The fourth-order valence-electron chi connectivity index (χ4n) is 3.77. The van der Waals surface area contributed by atoms with E-state index in [4.69, 9.17) is 4.74 Å². The lowest BCUT2D eigenvalue weighted by Crippen LogP contribution is -2.29. The molecule has 1 fully saturated rings. The first-order valence-electron chi connectivity index (χ1n) is 9.96. The minimum Gasteiger partial charge on any atom is -0.495 e. The van der Waals surface area contributed by atoms with Crippen LogP contribution in [0.1, 0.15) is 29.3 Å². The Morgan fingerprint density at radius 2 is 1.84 bits per heavy atom. The highest BCUT2D eigenvalue weighted by atomic mass is 32.2. The third-order valence-corrected chi connectivity index (χ3v) is 7.56. The number of methoxy groups -OCH3 is 1. The molecule has 1 aromatic carbocycles. The van der Waals surface area contributed by atoms with E-state index in [-0.39, 0.29) is 22.9 Å². The van der Waals surface area contributed by atoms with Gasteiger partial charge in [-0.15, -0.1) is 0 Å². The molecule has 9 heteroatoms. The van der Waals surface area contributed by atoms with Gasteiger partial charge in [0.15, 0.2) is 0 Å². The lowest BCUT2D eigenvalue weighted by molar-refractivity contribution is 0.397. The van der Waals surface area contributed by atoms with Crippen LogP contribution >= 0.6 is 0 Å². The number of aromatic nitrogens is 3. The molecule has 1 aliphatic rings. The Kier molecular flexibility index (Phi) is 5.63. The van der Waals surface area contributed by atoms with Crippen molar-refractivity contribution in [2.24, 2.45) is 0 Å². The molecule has 3 aromatic rings. The number of H-pyrrole nitrogens is 1. The SMILES string of the molecule is COc1cc(C)c(C)cc1S(=O)(=O)N1CCC(c2nc(-c3ccncc3)cc(=O)[nH]2)C1. The van der Waals surface area contributed by atoms with Crippen LogP contribution in [-0.2, 0) is 10.0 Å². The summed E-state index contributed by atoms with van der Waals surface area (Å²) in [6.45, 7) is 4.37. The van der Waals surface area contributed by atoms with Crippen LogP contribution in [-0.4, -0.2) is 47.9 Å². The molecule has 1 N–H and O–H groups in total. The molecule has 0 spiro atoms. The van der Waals surface area contributed by atoms with E-state index in [1.165, 1.54) is 17.5 Å². The van der Waals surface area contributed by atoms with E-state index in [0.29, 0.717) is 30.2 Å². The number of ether oxygens (including phenoxy) is 1. The van der Waals surface area contributed by atoms with Gasteiger partial charge in [0.1, 0.15) is 16.5 Å². The molecule has 4 rings (SSSR count). The average Bonchev–Trinajstić information content (AvgIpc) is 3.27. The Labute approximate surface area is 181 Å². The van der Waals surface area contributed by atoms with Crippen LogP contribution in [0.3, 0.4) is 0 Å². The van der Waals surface area contributed by atoms with Crippen LogP contribution in [0.15, 0.2) is 52.4 Å². The Balaban J connectivity index is 1.64. The second-order valence-electron chi connectivity index (χ2n) is 7.69. The van der Waals surface area contributed by atoms with Gasteiger partial charge in [-0.05, 0) is 55.7 Å². The minimum atomic E-state index is -3.75. The van der Waals surface area contributed by atoms with Crippen molar-refractivity contribution in [2.75, 3.05) is 20.2 Å². The van der Waals surface area contributed by atoms with Crippen molar-refractivity contribution < 1.29 is 13.2 Å². The van der Waals surface area contributed by atoms with Crippen molar-refractivity contribution in [3.63, 3.8) is 0 Å². The summed E-state index contributed by atoms with van der Waals surface area (Å²) in [5.74, 6) is 0.614. The van der Waals surface area contributed by atoms with Gasteiger partial charge in [0.2, 0.25) is 10.0 Å². The van der Waals surface area contributed by atoms with Crippen molar-refractivity contribution in [1.82, 2.24) is 19.3 Å². The molecule has 1 aliphatic heterocycles. The molecule has 0 saturated carbocycles. The normalized spacial score (nSPS) is 17.1. The van der Waals surface area contributed by atoms with Gasteiger partial charge in [-0.1, -0.05) is 0 Å². The van der Waals surface area contributed by atoms with Gasteiger partial charge in [-0.3, -0.25) is 9.78 Å². The van der Waals surface area contributed by atoms with Gasteiger partial charge < -0.3 is 9.72 Å². The van der Waals surface area contributed by atoms with Gasteiger partial charge in [0, 0.05) is 43.0 Å². The molecule has 2 aromatic heterocycles. The summed E-state index contributed by atoms with van der Waals surface area (Å²) in [7, 11) is -2.29. The highest BCUT2D eigenvalue weighted by Crippen LogP contribution is 2.34. The Morgan fingerprint density at radius 1 is 1.13 bits per heavy atom. The van der Waals surface area contributed by atoms with Crippen LogP contribution in [0.4, 0.5) is 0 Å². The number of pyridine rings is 1. The van der Waals surface area contributed by atoms with Crippen molar-refractivity contribution in [3.8, 4) is 17.0 Å². The van der Waals surface area contributed by atoms with E-state index in [0.717, 1.165) is 16.7 Å². The largest absolute Gasteiger partial charge is 0.495 e. The number of nitrogens with one attached hydrogen (secondary N) is 1. The van der Waals surface area contributed by atoms with E-state index in [1.54, 1.807) is 36.7 Å². The van der Waals surface area contributed by atoms with Crippen molar-refractivity contribution in [1.29, 1.82) is 0 Å². The Hall–Kier alpha value is -3.04. The third kappa shape index (κ3) is 4.11. The summed E-state index contributed by atoms with van der Waals surface area (Å²) in [5, 5.41) is 0. The highest BCUT2D eigenvalue weighted by molar-refractivity contribution is 7.89. The first-order valence-corrected chi connectivity index (χ1v) is 11.4. The Morgan fingerprint density at radius 3 is 2.55 bits per heavy atom. The lowest BCUT2D eigenvalue weighted by Gasteiger charge is -2.19. The molecule has 3 heterocycles. The van der Waals surface area contributed by atoms with E-state index in [9.17, 15) is 13.2 Å². The smallest absolute Gasteiger partial charge is 0.251 e. The van der Waals surface area contributed by atoms with E-state index < -0.39 is 10.0 Å². The van der Waals surface area contributed by atoms with Gasteiger partial charge in [-0.25, -0.2) is 13.4 Å². The second-order valence-corrected chi connectivity index (χ2v) is 9.59. The summed E-state index contributed by atoms with van der Waals surface area (Å²) < 4.78 is 33.5. The summed E-state index contributed by atoms with van der Waals surface area (Å²) >= 11 is 0. The molecule has 31 heavy (non-hydrogen) atoms. The quantitative estimate of drug-likeness (QED) is 0.654. The summed E-state index contributed by atoms with van der Waals surface area (Å²) in [6, 6.07) is 8.39. The number of hydrogen-bond acceptors (Lipinski definition) is 6. The third-order valence-electron chi connectivity index (χ3n) is 5.67. The predicted molar refractivity (Wildman–Crippen MR) is 117 cm³/mol. The van der Waals surface area contributed by atoms with Crippen LogP contribution in [0.5, 0.6) is 5.75 Å². The fraction of sp³-hybridized carbons (Fsp3) is 0.318. The van der Waals surface area contributed by atoms with Crippen LogP contribution in [0.25, 0.3) is 11.3 Å². The average molecular weight is 441 g/mol. The monoisotopic (exact) mass is 440 g/mol. The number of hydrogen-bond donors (Lipinski definition) is 1. The van der Waals surface area contributed by atoms with E-state index in [2.05, 4.69) is 15.0 Å². The molecule has 0 amide bonds. The first kappa shape index (κ1) is 21.2. The topological polar surface area (TPSA) is 105 Å². The molecule has 162 valence electrons. The van der Waals surface area contributed by atoms with Crippen molar-refractivity contribution in [3.05, 3.63) is 70.0 Å². The maximum Gasteiger partial charge on any atom is 0.251 e. The van der Waals surface area contributed by atoms with Crippen LogP contribution in [0, 0.1) is 13.8 Å². The molecule has 8 nitrogen and oxygen atoms in total. The molecule has 0 aliphatic carbocycles. The van der Waals surface area contributed by atoms with E-state index >= 15 is 0 Å². The number of aryl methyl sites for hydroxylation is 2. The van der Waals surface area contributed by atoms with Crippen molar-refractivity contribution >= 4 is 10.0 Å². The molecule has 1 atom stereocenters. The van der Waals surface area contributed by atoms with Gasteiger partial charge >= 0.3 is 0 Å². The summed E-state index contributed by atoms with van der Waals surface area (Å²) in [5.41, 5.74) is 2.90. The number of nitrogens with zero attached hydrogens (tertiary/aromatic N) is 3. The van der Waals surface area contributed by atoms with E-state index in [1.807, 2.05) is 13.8 Å². The van der Waals surface area contributed by atoms with Gasteiger partial charge in [0.25, 0.3) is 5.56 Å². The summed E-state index contributed by atoms with van der Waals surface area (Å²) in [4.78, 5) is 23.8. The number of rotatable bonds is 5. The zero-order valence-electron chi connectivity index (χ0n) is 17.6. The van der Waals surface area contributed by atoms with Crippen LogP contribution < -0.4 is 10.3 Å². The second kappa shape index (κ2) is 8.24. The molecule has 0 radical (unpaired) electrons. The summed E-state index contributed by atoms with van der Waals surface area (Å²) in [6.07, 6.45) is 3.84. The maximum atomic E-state index is 13.4. The zero-order valence-corrected chi connectivity index (χ0v) is 18.4. The highest BCUT2D eigenvalue weighted by Gasteiger charge is 2.36. The number of sulfonamides is 1. The molecule has 0 bridgehead atoms. The van der Waals surface area contributed by atoms with Gasteiger partial charge in [0.05, 0.1) is 12.8 Å².